The highest BCUT2D eigenvalue weighted by molar-refractivity contribution is 5.97. The quantitative estimate of drug-likeness (QED) is 0.642. The topological polar surface area (TPSA) is 70.7 Å². The van der Waals surface area contributed by atoms with Crippen LogP contribution in [0.3, 0.4) is 0 Å². The average Bonchev–Trinajstić information content (AvgIpc) is 3.18. The molecule has 3 aromatic carbocycles. The summed E-state index contributed by atoms with van der Waals surface area (Å²) in [4.78, 5) is 27.1. The van der Waals surface area contributed by atoms with Crippen molar-refractivity contribution in [2.45, 2.75) is 18.5 Å². The summed E-state index contributed by atoms with van der Waals surface area (Å²) in [6, 6.07) is 26.2. The maximum Gasteiger partial charge on any atom is 0.315 e. The third kappa shape index (κ3) is 4.86. The number of hydrogen-bond donors (Lipinski definition) is 2. The van der Waals surface area contributed by atoms with Gasteiger partial charge in [-0.2, -0.15) is 0 Å². The first-order valence-corrected chi connectivity index (χ1v) is 10.3. The maximum absolute atomic E-state index is 12.8. The zero-order valence-electron chi connectivity index (χ0n) is 17.3. The first-order valence-electron chi connectivity index (χ1n) is 10.3. The molecule has 3 amide bonds. The molecule has 0 unspecified atom stereocenters. The van der Waals surface area contributed by atoms with Crippen LogP contribution >= 0.6 is 0 Å². The fourth-order valence-electron chi connectivity index (χ4n) is 3.84. The highest BCUT2D eigenvalue weighted by Crippen LogP contribution is 2.26. The molecular weight excluding hydrogens is 390 g/mol. The SMILES string of the molecule is COc1cccc(N2C[C@H](NC(=O)NC(c3ccccc3)c3ccccc3)CC2=O)c1. The summed E-state index contributed by atoms with van der Waals surface area (Å²) in [5, 5.41) is 6.03. The molecule has 1 fully saturated rings. The average molecular weight is 415 g/mol. The molecule has 4 rings (SSSR count). The predicted octanol–water partition coefficient (Wildman–Crippen LogP) is 3.89. The minimum Gasteiger partial charge on any atom is -0.497 e. The Balaban J connectivity index is 1.44. The minimum atomic E-state index is -0.303. The van der Waals surface area contributed by atoms with Crippen molar-refractivity contribution in [2.75, 3.05) is 18.6 Å². The smallest absolute Gasteiger partial charge is 0.315 e. The Hall–Kier alpha value is -3.80. The second kappa shape index (κ2) is 9.34. The van der Waals surface area contributed by atoms with E-state index in [-0.39, 0.29) is 30.4 Å². The fraction of sp³-hybridized carbons (Fsp3) is 0.200. The summed E-state index contributed by atoms with van der Waals surface area (Å²) in [6.07, 6.45) is 0.256. The van der Waals surface area contributed by atoms with Crippen molar-refractivity contribution in [1.29, 1.82) is 0 Å². The van der Waals surface area contributed by atoms with Crippen LogP contribution in [0.5, 0.6) is 5.75 Å². The van der Waals surface area contributed by atoms with E-state index in [1.807, 2.05) is 84.9 Å². The van der Waals surface area contributed by atoms with Crippen LogP contribution in [-0.4, -0.2) is 31.6 Å². The van der Waals surface area contributed by atoms with Gasteiger partial charge in [0, 0.05) is 24.7 Å². The van der Waals surface area contributed by atoms with Gasteiger partial charge in [0.15, 0.2) is 0 Å². The van der Waals surface area contributed by atoms with E-state index in [1.54, 1.807) is 12.0 Å². The monoisotopic (exact) mass is 415 g/mol. The number of ether oxygens (including phenoxy) is 1. The van der Waals surface area contributed by atoms with Crippen molar-refractivity contribution in [3.63, 3.8) is 0 Å². The Bertz CT molecular complexity index is 1000. The standard InChI is InChI=1S/C25H25N3O3/c1-31-22-14-8-13-21(16-22)28-17-20(15-23(28)29)26-25(30)27-24(18-9-4-2-5-10-18)19-11-6-3-7-12-19/h2-14,16,20,24H,15,17H2,1H3,(H2,26,27,30)/t20-/m1/s1. The number of rotatable bonds is 6. The van der Waals surface area contributed by atoms with Crippen molar-refractivity contribution >= 4 is 17.6 Å². The first kappa shape index (κ1) is 20.5. The van der Waals surface area contributed by atoms with Gasteiger partial charge in [-0.05, 0) is 23.3 Å². The molecule has 1 aliphatic rings. The summed E-state index contributed by atoms with van der Waals surface area (Å²) in [6.45, 7) is 0.417. The van der Waals surface area contributed by atoms with E-state index in [2.05, 4.69) is 10.6 Å². The molecule has 1 aliphatic heterocycles. The van der Waals surface area contributed by atoms with Crippen molar-refractivity contribution in [1.82, 2.24) is 10.6 Å². The Morgan fingerprint density at radius 3 is 2.23 bits per heavy atom. The lowest BCUT2D eigenvalue weighted by Crippen LogP contribution is -2.44. The largest absolute Gasteiger partial charge is 0.497 e. The van der Waals surface area contributed by atoms with Gasteiger partial charge in [0.05, 0.1) is 19.2 Å². The summed E-state index contributed by atoms with van der Waals surface area (Å²) in [5.41, 5.74) is 2.74. The number of urea groups is 1. The van der Waals surface area contributed by atoms with Crippen LogP contribution in [-0.2, 0) is 4.79 Å². The molecule has 158 valence electrons. The van der Waals surface area contributed by atoms with Gasteiger partial charge in [-0.25, -0.2) is 4.79 Å². The van der Waals surface area contributed by atoms with Gasteiger partial charge in [0.2, 0.25) is 5.91 Å². The number of hydrogen-bond acceptors (Lipinski definition) is 3. The van der Waals surface area contributed by atoms with Crippen molar-refractivity contribution < 1.29 is 14.3 Å². The minimum absolute atomic E-state index is 0.0266. The second-order valence-corrected chi connectivity index (χ2v) is 7.48. The van der Waals surface area contributed by atoms with Crippen LogP contribution in [0.25, 0.3) is 0 Å². The van der Waals surface area contributed by atoms with Crippen LogP contribution < -0.4 is 20.3 Å². The lowest BCUT2D eigenvalue weighted by Gasteiger charge is -2.22. The van der Waals surface area contributed by atoms with Crippen molar-refractivity contribution in [3.05, 3.63) is 96.1 Å². The number of nitrogens with zero attached hydrogens (tertiary/aromatic N) is 1. The van der Waals surface area contributed by atoms with Gasteiger partial charge >= 0.3 is 6.03 Å². The molecule has 0 aliphatic carbocycles. The maximum atomic E-state index is 12.8. The molecule has 31 heavy (non-hydrogen) atoms. The lowest BCUT2D eigenvalue weighted by molar-refractivity contribution is -0.117. The van der Waals surface area contributed by atoms with Crippen LogP contribution in [0.1, 0.15) is 23.6 Å². The predicted molar refractivity (Wildman–Crippen MR) is 120 cm³/mol. The van der Waals surface area contributed by atoms with Crippen LogP contribution in [0.4, 0.5) is 10.5 Å². The van der Waals surface area contributed by atoms with E-state index >= 15 is 0 Å². The molecule has 0 spiro atoms. The molecule has 0 aromatic heterocycles. The summed E-state index contributed by atoms with van der Waals surface area (Å²) >= 11 is 0. The van der Waals surface area contributed by atoms with Gasteiger partial charge in [-0.1, -0.05) is 66.7 Å². The third-order valence-electron chi connectivity index (χ3n) is 5.37. The van der Waals surface area contributed by atoms with E-state index in [9.17, 15) is 9.59 Å². The zero-order chi connectivity index (χ0) is 21.6. The fourth-order valence-corrected chi connectivity index (χ4v) is 3.84. The number of amides is 3. The molecule has 6 heteroatoms. The lowest BCUT2D eigenvalue weighted by atomic mass is 9.99. The van der Waals surface area contributed by atoms with E-state index in [4.69, 9.17) is 4.74 Å². The van der Waals surface area contributed by atoms with Crippen molar-refractivity contribution in [3.8, 4) is 5.75 Å². The van der Waals surface area contributed by atoms with E-state index in [0.717, 1.165) is 16.8 Å². The highest BCUT2D eigenvalue weighted by atomic mass is 16.5. The molecule has 1 atom stereocenters. The van der Waals surface area contributed by atoms with E-state index in [0.29, 0.717) is 12.3 Å². The van der Waals surface area contributed by atoms with Gasteiger partial charge in [0.1, 0.15) is 5.75 Å². The van der Waals surface area contributed by atoms with Gasteiger partial charge in [0.25, 0.3) is 0 Å². The zero-order valence-corrected chi connectivity index (χ0v) is 17.3. The molecular formula is C25H25N3O3. The molecule has 1 saturated heterocycles. The molecule has 0 bridgehead atoms. The number of methoxy groups -OCH3 is 1. The Kier molecular flexibility index (Phi) is 6.17. The number of benzene rings is 3. The molecule has 2 N–H and O–H groups in total. The normalized spacial score (nSPS) is 15.7. The number of carbonyl (C=O) groups excluding carboxylic acids is 2. The highest BCUT2D eigenvalue weighted by Gasteiger charge is 2.32. The van der Waals surface area contributed by atoms with Crippen molar-refractivity contribution in [2.24, 2.45) is 0 Å². The second-order valence-electron chi connectivity index (χ2n) is 7.48. The summed E-state index contributed by atoms with van der Waals surface area (Å²) in [5.74, 6) is 0.661. The van der Waals surface area contributed by atoms with E-state index < -0.39 is 0 Å². The van der Waals surface area contributed by atoms with E-state index in [1.165, 1.54) is 0 Å². The molecule has 6 nitrogen and oxygen atoms in total. The Labute approximate surface area is 181 Å². The third-order valence-corrected chi connectivity index (χ3v) is 5.37. The summed E-state index contributed by atoms with van der Waals surface area (Å²) < 4.78 is 5.25. The summed E-state index contributed by atoms with van der Waals surface area (Å²) in [7, 11) is 1.59. The number of nitrogens with one attached hydrogen (secondary N) is 2. The Morgan fingerprint density at radius 2 is 1.61 bits per heavy atom. The van der Waals surface area contributed by atoms with Crippen LogP contribution in [0.2, 0.25) is 0 Å². The number of carbonyl (C=O) groups is 2. The molecule has 1 heterocycles. The van der Waals surface area contributed by atoms with Gasteiger partial charge < -0.3 is 20.3 Å². The van der Waals surface area contributed by atoms with Crippen LogP contribution in [0, 0.1) is 0 Å². The first-order chi connectivity index (χ1) is 15.1. The van der Waals surface area contributed by atoms with Gasteiger partial charge in [-0.3, -0.25) is 4.79 Å². The Morgan fingerprint density at radius 1 is 0.968 bits per heavy atom. The molecule has 3 aromatic rings. The molecule has 0 radical (unpaired) electrons. The van der Waals surface area contributed by atoms with Crippen LogP contribution in [0.15, 0.2) is 84.9 Å². The van der Waals surface area contributed by atoms with Gasteiger partial charge in [-0.15, -0.1) is 0 Å². The number of anilines is 1. The molecule has 0 saturated carbocycles.